The number of thiophene rings is 1. The van der Waals surface area contributed by atoms with E-state index in [0.717, 1.165) is 39.6 Å². The second-order valence-corrected chi connectivity index (χ2v) is 15.2. The molecule has 1 aliphatic heterocycles. The maximum absolute atomic E-state index is 13.8. The van der Waals surface area contributed by atoms with E-state index in [1.165, 1.54) is 35.8 Å². The molecule has 1 aromatic heterocycles. The molecular weight excluding hydrogens is 717 g/mol. The first-order valence-corrected chi connectivity index (χ1v) is 19.4. The minimum absolute atomic E-state index is 0.0882. The van der Waals surface area contributed by atoms with Gasteiger partial charge in [-0.25, -0.2) is 4.79 Å². The van der Waals surface area contributed by atoms with Gasteiger partial charge in [-0.15, -0.1) is 23.1 Å². The highest BCUT2D eigenvalue weighted by atomic mass is 32.2. The Bertz CT molecular complexity index is 2170. The number of anilines is 2. The van der Waals surface area contributed by atoms with Crippen molar-refractivity contribution in [2.75, 3.05) is 24.3 Å². The number of hydrogen-bond donors (Lipinski definition) is 3. The first kappa shape index (κ1) is 38.2. The quantitative estimate of drug-likeness (QED) is 0.0629. The molecule has 1 aliphatic rings. The van der Waals surface area contributed by atoms with Gasteiger partial charge in [0.2, 0.25) is 5.91 Å². The zero-order chi connectivity index (χ0) is 38.0. The van der Waals surface area contributed by atoms with E-state index in [4.69, 9.17) is 4.74 Å². The summed E-state index contributed by atoms with van der Waals surface area (Å²) in [6, 6.07) is 33.8. The van der Waals surface area contributed by atoms with Crippen LogP contribution < -0.4 is 16.0 Å². The molecule has 4 aromatic carbocycles. The number of methoxy groups -OCH3 is 1. The maximum atomic E-state index is 13.8. The molecule has 0 aliphatic carbocycles. The summed E-state index contributed by atoms with van der Waals surface area (Å²) in [4.78, 5) is 57.8. The van der Waals surface area contributed by atoms with Crippen LogP contribution >= 0.6 is 23.1 Å². The molecule has 3 amide bonds. The van der Waals surface area contributed by atoms with Gasteiger partial charge in [0.05, 0.1) is 17.9 Å². The monoisotopic (exact) mass is 758 g/mol. The maximum Gasteiger partial charge on any atom is 0.341 e. The standard InChI is InChI=1S/C43H42N4O5S2/c1-4-36(41(50)46-42-38(43(51)52-3)34-22-23-47(27-37(34)54-42)26-29-15-7-5-8-16-29)53-33-21-13-20-32(25-33)44-40(49)35(24-31-19-12-11-14-28(31)2)45-39(48)30-17-9-6-10-18-30/h5-21,24-25,36H,4,22-23,26-27H2,1-3H3,(H,44,49)(H,45,48)(H,46,50)/b35-24-. The highest BCUT2D eigenvalue weighted by Crippen LogP contribution is 2.39. The first-order chi connectivity index (χ1) is 26.2. The van der Waals surface area contributed by atoms with Gasteiger partial charge in [-0.1, -0.05) is 85.8 Å². The van der Waals surface area contributed by atoms with Gasteiger partial charge in [0, 0.05) is 40.7 Å². The van der Waals surface area contributed by atoms with Gasteiger partial charge in [0.15, 0.2) is 0 Å². The molecule has 1 atom stereocenters. The summed E-state index contributed by atoms with van der Waals surface area (Å²) in [5.74, 6) is -1.58. The number of fused-ring (bicyclic) bond motifs is 1. The fraction of sp³-hybridized carbons (Fsp3) is 0.209. The van der Waals surface area contributed by atoms with Crippen LogP contribution in [0, 0.1) is 6.92 Å². The summed E-state index contributed by atoms with van der Waals surface area (Å²) in [5.41, 5.74) is 5.35. The molecule has 0 bridgehead atoms. The van der Waals surface area contributed by atoms with Gasteiger partial charge >= 0.3 is 5.97 Å². The minimum atomic E-state index is -0.492. The highest BCUT2D eigenvalue weighted by Gasteiger charge is 2.30. The van der Waals surface area contributed by atoms with Crippen molar-refractivity contribution in [3.63, 3.8) is 0 Å². The van der Waals surface area contributed by atoms with Crippen LogP contribution in [0.3, 0.4) is 0 Å². The van der Waals surface area contributed by atoms with E-state index in [0.29, 0.717) is 41.2 Å². The van der Waals surface area contributed by atoms with Gasteiger partial charge < -0.3 is 20.7 Å². The zero-order valence-corrected chi connectivity index (χ0v) is 32.0. The van der Waals surface area contributed by atoms with Gasteiger partial charge in [0.25, 0.3) is 11.8 Å². The fourth-order valence-corrected chi connectivity index (χ4v) is 8.50. The van der Waals surface area contributed by atoms with Crippen molar-refractivity contribution in [2.45, 2.75) is 49.9 Å². The Morgan fingerprint density at radius 3 is 2.35 bits per heavy atom. The summed E-state index contributed by atoms with van der Waals surface area (Å²) >= 11 is 2.80. The van der Waals surface area contributed by atoms with Crippen LogP contribution in [-0.4, -0.2) is 47.5 Å². The number of carbonyl (C=O) groups excluding carboxylic acids is 4. The number of nitrogens with one attached hydrogen (secondary N) is 3. The Labute approximate surface area is 323 Å². The van der Waals surface area contributed by atoms with Crippen LogP contribution in [0.5, 0.6) is 0 Å². The molecule has 11 heteroatoms. The van der Waals surface area contributed by atoms with Gasteiger partial charge in [-0.3, -0.25) is 19.3 Å². The van der Waals surface area contributed by atoms with E-state index in [1.807, 2.05) is 68.4 Å². The van der Waals surface area contributed by atoms with Gasteiger partial charge in [-0.2, -0.15) is 0 Å². The van der Waals surface area contributed by atoms with Gasteiger partial charge in [0.1, 0.15) is 10.7 Å². The molecule has 0 saturated heterocycles. The van der Waals surface area contributed by atoms with Crippen LogP contribution in [0.15, 0.2) is 120 Å². The number of thioether (sulfide) groups is 1. The number of amides is 3. The molecule has 0 radical (unpaired) electrons. The van der Waals surface area contributed by atoms with Crippen LogP contribution in [0.2, 0.25) is 0 Å². The highest BCUT2D eigenvalue weighted by molar-refractivity contribution is 8.00. The third-order valence-corrected chi connectivity index (χ3v) is 11.6. The molecule has 1 unspecified atom stereocenters. The molecule has 2 heterocycles. The van der Waals surface area contributed by atoms with Crippen molar-refractivity contribution in [3.05, 3.63) is 153 Å². The van der Waals surface area contributed by atoms with E-state index in [-0.39, 0.29) is 11.6 Å². The van der Waals surface area contributed by atoms with E-state index < -0.39 is 23.0 Å². The Hall–Kier alpha value is -5.49. The lowest BCUT2D eigenvalue weighted by Crippen LogP contribution is -2.30. The molecule has 3 N–H and O–H groups in total. The lowest BCUT2D eigenvalue weighted by Gasteiger charge is -2.27. The Balaban J connectivity index is 1.16. The summed E-state index contributed by atoms with van der Waals surface area (Å²) < 4.78 is 5.17. The SMILES string of the molecule is CCC(Sc1cccc(NC(=O)/C(=C/c2ccccc2C)NC(=O)c2ccccc2)c1)C(=O)Nc1sc2c(c1C(=O)OC)CCN(Cc1ccccc1)C2. The lowest BCUT2D eigenvalue weighted by molar-refractivity contribution is -0.116. The number of rotatable bonds is 13. The predicted molar refractivity (Wildman–Crippen MR) is 217 cm³/mol. The van der Waals surface area contributed by atoms with Crippen molar-refractivity contribution in [3.8, 4) is 0 Å². The third-order valence-electron chi connectivity index (χ3n) is 9.06. The second-order valence-electron chi connectivity index (χ2n) is 12.9. The average molecular weight is 759 g/mol. The summed E-state index contributed by atoms with van der Waals surface area (Å²) in [7, 11) is 1.36. The molecule has 276 valence electrons. The van der Waals surface area contributed by atoms with E-state index >= 15 is 0 Å². The normalized spacial score (nSPS) is 13.4. The number of esters is 1. The number of aryl methyl sites for hydroxylation is 1. The van der Waals surface area contributed by atoms with Gasteiger partial charge in [-0.05, 0) is 78.4 Å². The number of ether oxygens (including phenoxy) is 1. The molecule has 9 nitrogen and oxygen atoms in total. The number of hydrogen-bond acceptors (Lipinski definition) is 8. The van der Waals surface area contributed by atoms with E-state index in [2.05, 4.69) is 33.0 Å². The topological polar surface area (TPSA) is 117 Å². The van der Waals surface area contributed by atoms with Crippen molar-refractivity contribution < 1.29 is 23.9 Å². The summed E-state index contributed by atoms with van der Waals surface area (Å²) in [5, 5.41) is 8.79. The largest absolute Gasteiger partial charge is 0.465 e. The smallest absolute Gasteiger partial charge is 0.341 e. The summed E-state index contributed by atoms with van der Waals surface area (Å²) in [6.07, 6.45) is 2.86. The molecule has 5 aromatic rings. The van der Waals surface area contributed by atoms with Crippen LogP contribution in [-0.2, 0) is 33.8 Å². The minimum Gasteiger partial charge on any atom is -0.465 e. The number of nitrogens with zero attached hydrogens (tertiary/aromatic N) is 1. The number of carbonyl (C=O) groups is 4. The van der Waals surface area contributed by atoms with Crippen molar-refractivity contribution in [2.24, 2.45) is 0 Å². The van der Waals surface area contributed by atoms with Crippen molar-refractivity contribution >= 4 is 63.6 Å². The average Bonchev–Trinajstić information content (AvgIpc) is 3.54. The van der Waals surface area contributed by atoms with Crippen LogP contribution in [0.25, 0.3) is 6.08 Å². The zero-order valence-electron chi connectivity index (χ0n) is 30.4. The number of benzene rings is 4. The molecule has 54 heavy (non-hydrogen) atoms. The van der Waals surface area contributed by atoms with Crippen molar-refractivity contribution in [1.82, 2.24) is 10.2 Å². The molecule has 0 saturated carbocycles. The Morgan fingerprint density at radius 1 is 0.907 bits per heavy atom. The Kier molecular flexibility index (Phi) is 12.8. The second kappa shape index (κ2) is 18.0. The molecule has 6 rings (SSSR count). The lowest BCUT2D eigenvalue weighted by atomic mass is 10.0. The summed E-state index contributed by atoms with van der Waals surface area (Å²) in [6.45, 7) is 6.14. The predicted octanol–water partition coefficient (Wildman–Crippen LogP) is 8.32. The van der Waals surface area contributed by atoms with Crippen LogP contribution in [0.4, 0.5) is 10.7 Å². The van der Waals surface area contributed by atoms with E-state index in [1.54, 1.807) is 48.5 Å². The van der Waals surface area contributed by atoms with Crippen molar-refractivity contribution in [1.29, 1.82) is 0 Å². The van der Waals surface area contributed by atoms with Crippen LogP contribution in [0.1, 0.15) is 61.2 Å². The van der Waals surface area contributed by atoms with E-state index in [9.17, 15) is 19.2 Å². The third kappa shape index (κ3) is 9.54. The molecule has 0 spiro atoms. The first-order valence-electron chi connectivity index (χ1n) is 17.7. The molecule has 0 fully saturated rings. The molecular formula is C43H42N4O5S2. The Morgan fingerprint density at radius 2 is 1.63 bits per heavy atom. The fourth-order valence-electron chi connectivity index (χ4n) is 6.21.